The Balaban J connectivity index is 1.85. The summed E-state index contributed by atoms with van der Waals surface area (Å²) in [5, 5.41) is 9.90. The van der Waals surface area contributed by atoms with Crippen LogP contribution in [-0.4, -0.2) is 35.7 Å². The normalized spacial score (nSPS) is 21.9. The maximum absolute atomic E-state index is 9.15. The molecule has 3 nitrogen and oxygen atoms in total. The minimum Gasteiger partial charge on any atom is -0.396 e. The summed E-state index contributed by atoms with van der Waals surface area (Å²) < 4.78 is 0. The van der Waals surface area contributed by atoms with E-state index in [0.717, 1.165) is 36.5 Å². The van der Waals surface area contributed by atoms with Crippen LogP contribution in [-0.2, 0) is 0 Å². The minimum atomic E-state index is 0.0592. The van der Waals surface area contributed by atoms with Gasteiger partial charge in [0, 0.05) is 30.3 Å². The van der Waals surface area contributed by atoms with E-state index >= 15 is 0 Å². The average Bonchev–Trinajstić information content (AvgIpc) is 2.47. The third-order valence-corrected chi connectivity index (χ3v) is 4.49. The predicted octanol–water partition coefficient (Wildman–Crippen LogP) is 2.97. The lowest BCUT2D eigenvalue weighted by Gasteiger charge is -2.36. The SMILES string of the molecule is NC(CCN1CCCCC1CCO)c1ccc(Cl)cc1. The molecular weight excluding hydrogens is 272 g/mol. The number of nitrogens with two attached hydrogens (primary N) is 1. The number of nitrogens with zero attached hydrogens (tertiary/aromatic N) is 1. The van der Waals surface area contributed by atoms with E-state index in [2.05, 4.69) is 4.90 Å². The van der Waals surface area contributed by atoms with Crippen molar-refractivity contribution in [2.24, 2.45) is 5.73 Å². The molecular formula is C16H25ClN2O. The van der Waals surface area contributed by atoms with Crippen molar-refractivity contribution in [1.82, 2.24) is 4.90 Å². The molecule has 2 atom stereocenters. The molecule has 0 radical (unpaired) electrons. The van der Waals surface area contributed by atoms with Gasteiger partial charge in [-0.05, 0) is 49.9 Å². The van der Waals surface area contributed by atoms with Gasteiger partial charge < -0.3 is 15.7 Å². The molecule has 0 saturated carbocycles. The van der Waals surface area contributed by atoms with Crippen molar-refractivity contribution in [3.8, 4) is 0 Å². The van der Waals surface area contributed by atoms with Gasteiger partial charge in [-0.3, -0.25) is 0 Å². The largest absolute Gasteiger partial charge is 0.396 e. The quantitative estimate of drug-likeness (QED) is 0.848. The van der Waals surface area contributed by atoms with Crippen LogP contribution in [0, 0.1) is 0 Å². The number of halogens is 1. The first-order valence-electron chi connectivity index (χ1n) is 7.56. The molecule has 1 heterocycles. The number of hydrogen-bond acceptors (Lipinski definition) is 3. The summed E-state index contributed by atoms with van der Waals surface area (Å²) in [4.78, 5) is 2.50. The van der Waals surface area contributed by atoms with Crippen LogP contribution in [0.25, 0.3) is 0 Å². The molecule has 1 aromatic rings. The van der Waals surface area contributed by atoms with Gasteiger partial charge in [0.05, 0.1) is 0 Å². The van der Waals surface area contributed by atoms with Crippen LogP contribution in [0.4, 0.5) is 0 Å². The number of aliphatic hydroxyl groups excluding tert-OH is 1. The fraction of sp³-hybridized carbons (Fsp3) is 0.625. The van der Waals surface area contributed by atoms with Gasteiger partial charge in [0.15, 0.2) is 0 Å². The number of likely N-dealkylation sites (tertiary alicyclic amines) is 1. The highest BCUT2D eigenvalue weighted by Crippen LogP contribution is 2.22. The highest BCUT2D eigenvalue weighted by molar-refractivity contribution is 6.30. The van der Waals surface area contributed by atoms with Gasteiger partial charge in [-0.1, -0.05) is 30.2 Å². The highest BCUT2D eigenvalue weighted by Gasteiger charge is 2.22. The van der Waals surface area contributed by atoms with Gasteiger partial charge in [0.2, 0.25) is 0 Å². The van der Waals surface area contributed by atoms with Crippen molar-refractivity contribution >= 4 is 11.6 Å². The Hall–Kier alpha value is -0.610. The first kappa shape index (κ1) is 15.8. The fourth-order valence-corrected chi connectivity index (χ4v) is 3.14. The van der Waals surface area contributed by atoms with Crippen molar-refractivity contribution < 1.29 is 5.11 Å². The molecule has 0 amide bonds. The Labute approximate surface area is 126 Å². The molecule has 1 aromatic carbocycles. The molecule has 2 unspecified atom stereocenters. The van der Waals surface area contributed by atoms with Gasteiger partial charge in [-0.15, -0.1) is 0 Å². The molecule has 0 bridgehead atoms. The van der Waals surface area contributed by atoms with Crippen molar-refractivity contribution in [2.45, 2.75) is 44.2 Å². The van der Waals surface area contributed by atoms with Gasteiger partial charge in [0.25, 0.3) is 0 Å². The summed E-state index contributed by atoms with van der Waals surface area (Å²) in [5.41, 5.74) is 7.41. The van der Waals surface area contributed by atoms with E-state index in [-0.39, 0.29) is 12.6 Å². The third kappa shape index (κ3) is 4.45. The average molecular weight is 297 g/mol. The molecule has 4 heteroatoms. The van der Waals surface area contributed by atoms with E-state index in [1.54, 1.807) is 0 Å². The molecule has 1 fully saturated rings. The minimum absolute atomic E-state index is 0.0592. The van der Waals surface area contributed by atoms with Crippen LogP contribution in [0.3, 0.4) is 0 Å². The maximum Gasteiger partial charge on any atom is 0.0445 e. The molecule has 2 rings (SSSR count). The second-order valence-electron chi connectivity index (χ2n) is 5.64. The number of hydrogen-bond donors (Lipinski definition) is 2. The van der Waals surface area contributed by atoms with Crippen LogP contribution in [0.1, 0.15) is 43.7 Å². The van der Waals surface area contributed by atoms with Crippen molar-refractivity contribution in [3.63, 3.8) is 0 Å². The zero-order valence-electron chi connectivity index (χ0n) is 12.0. The van der Waals surface area contributed by atoms with E-state index < -0.39 is 0 Å². The third-order valence-electron chi connectivity index (χ3n) is 4.24. The van der Waals surface area contributed by atoms with Crippen molar-refractivity contribution in [3.05, 3.63) is 34.9 Å². The summed E-state index contributed by atoms with van der Waals surface area (Å²) >= 11 is 5.90. The molecule has 0 aliphatic carbocycles. The van der Waals surface area contributed by atoms with Crippen molar-refractivity contribution in [1.29, 1.82) is 0 Å². The molecule has 1 saturated heterocycles. The lowest BCUT2D eigenvalue weighted by atomic mass is 9.98. The topological polar surface area (TPSA) is 49.5 Å². The molecule has 0 spiro atoms. The second kappa shape index (κ2) is 7.99. The Kier molecular flexibility index (Phi) is 6.30. The van der Waals surface area contributed by atoms with Gasteiger partial charge in [-0.2, -0.15) is 0 Å². The van der Waals surface area contributed by atoms with Crippen LogP contribution in [0.15, 0.2) is 24.3 Å². The van der Waals surface area contributed by atoms with Crippen molar-refractivity contribution in [2.75, 3.05) is 19.7 Å². The standard InChI is InChI=1S/C16H25ClN2O/c17-14-6-4-13(5-7-14)16(18)8-11-19-10-2-1-3-15(19)9-12-20/h4-7,15-16,20H,1-3,8-12,18H2. The Morgan fingerprint density at radius 1 is 1.30 bits per heavy atom. The number of benzene rings is 1. The second-order valence-corrected chi connectivity index (χ2v) is 6.08. The van der Waals surface area contributed by atoms with Crippen LogP contribution < -0.4 is 5.73 Å². The Morgan fingerprint density at radius 3 is 2.75 bits per heavy atom. The lowest BCUT2D eigenvalue weighted by Crippen LogP contribution is -2.41. The monoisotopic (exact) mass is 296 g/mol. The zero-order chi connectivity index (χ0) is 14.4. The Bertz CT molecular complexity index is 394. The van der Waals surface area contributed by atoms with Crippen LogP contribution in [0.5, 0.6) is 0 Å². The number of rotatable bonds is 6. The summed E-state index contributed by atoms with van der Waals surface area (Å²) in [5.74, 6) is 0. The summed E-state index contributed by atoms with van der Waals surface area (Å²) in [6.45, 7) is 2.43. The molecule has 0 aromatic heterocycles. The summed E-state index contributed by atoms with van der Waals surface area (Å²) in [6, 6.07) is 8.40. The molecule has 20 heavy (non-hydrogen) atoms. The lowest BCUT2D eigenvalue weighted by molar-refractivity contribution is 0.116. The first-order valence-corrected chi connectivity index (χ1v) is 7.94. The molecule has 3 N–H and O–H groups in total. The Morgan fingerprint density at radius 2 is 2.05 bits per heavy atom. The molecule has 1 aliphatic rings. The number of piperidine rings is 1. The fourth-order valence-electron chi connectivity index (χ4n) is 3.01. The molecule has 112 valence electrons. The summed E-state index contributed by atoms with van der Waals surface area (Å²) in [6.07, 6.45) is 5.58. The van der Waals surface area contributed by atoms with Crippen LogP contribution in [0.2, 0.25) is 5.02 Å². The zero-order valence-corrected chi connectivity index (χ0v) is 12.7. The van der Waals surface area contributed by atoms with E-state index in [0.29, 0.717) is 6.04 Å². The van der Waals surface area contributed by atoms with Crippen LogP contribution >= 0.6 is 11.6 Å². The first-order chi connectivity index (χ1) is 9.70. The van der Waals surface area contributed by atoms with E-state index in [1.165, 1.54) is 19.3 Å². The predicted molar refractivity (Wildman–Crippen MR) is 83.9 cm³/mol. The highest BCUT2D eigenvalue weighted by atomic mass is 35.5. The maximum atomic E-state index is 9.15. The van der Waals surface area contributed by atoms with Gasteiger partial charge in [0.1, 0.15) is 0 Å². The van der Waals surface area contributed by atoms with E-state index in [1.807, 2.05) is 24.3 Å². The van der Waals surface area contributed by atoms with Gasteiger partial charge >= 0.3 is 0 Å². The van der Waals surface area contributed by atoms with Gasteiger partial charge in [-0.25, -0.2) is 0 Å². The number of aliphatic hydroxyl groups is 1. The van der Waals surface area contributed by atoms with E-state index in [4.69, 9.17) is 22.4 Å². The smallest absolute Gasteiger partial charge is 0.0445 e. The summed E-state index contributed by atoms with van der Waals surface area (Å²) in [7, 11) is 0. The van der Waals surface area contributed by atoms with E-state index in [9.17, 15) is 0 Å². The molecule has 1 aliphatic heterocycles.